The molecule has 0 aliphatic rings. The van der Waals surface area contributed by atoms with Crippen LogP contribution in [0.5, 0.6) is 0 Å². The molecule has 0 radical (unpaired) electrons. The topological polar surface area (TPSA) is 12.4 Å². The first kappa shape index (κ1) is 11.9. The lowest BCUT2D eigenvalue weighted by molar-refractivity contribution is 1.51. The van der Waals surface area contributed by atoms with Gasteiger partial charge in [-0.2, -0.15) is 0 Å². The largest absolute Gasteiger partial charge is 0.241 e. The summed E-state index contributed by atoms with van der Waals surface area (Å²) in [4.78, 5) is 4.70. The standard InChI is InChI=1S/C15H15NS/c1-2-17-15(13-9-5-3-6-10-13)16-14-11-7-4-8-12-14/h3-12H,2H2,1H3/b16-15+. The first-order valence-electron chi connectivity index (χ1n) is 5.72. The highest BCUT2D eigenvalue weighted by molar-refractivity contribution is 8.14. The molecule has 0 heterocycles. The van der Waals surface area contributed by atoms with E-state index >= 15 is 0 Å². The molecule has 0 bridgehead atoms. The lowest BCUT2D eigenvalue weighted by Gasteiger charge is -2.04. The second kappa shape index (κ2) is 6.26. The summed E-state index contributed by atoms with van der Waals surface area (Å²) >= 11 is 1.77. The Morgan fingerprint density at radius 3 is 2.12 bits per heavy atom. The Kier molecular flexibility index (Phi) is 4.39. The van der Waals surface area contributed by atoms with E-state index < -0.39 is 0 Å². The molecule has 0 fully saturated rings. The van der Waals surface area contributed by atoms with E-state index in [1.807, 2.05) is 48.5 Å². The second-order valence-electron chi connectivity index (χ2n) is 3.55. The van der Waals surface area contributed by atoms with Gasteiger partial charge in [-0.1, -0.05) is 55.5 Å². The lowest BCUT2D eigenvalue weighted by atomic mass is 10.2. The molecule has 0 aliphatic heterocycles. The molecule has 0 aliphatic carbocycles. The molecule has 2 heteroatoms. The van der Waals surface area contributed by atoms with Crippen LogP contribution in [-0.4, -0.2) is 10.8 Å². The second-order valence-corrected chi connectivity index (χ2v) is 4.80. The molecule has 1 nitrogen and oxygen atoms in total. The number of rotatable bonds is 3. The van der Waals surface area contributed by atoms with Crippen molar-refractivity contribution in [2.75, 3.05) is 5.75 Å². The molecule has 2 rings (SSSR count). The van der Waals surface area contributed by atoms with Crippen LogP contribution in [0.3, 0.4) is 0 Å². The zero-order valence-electron chi connectivity index (χ0n) is 9.84. The molecule has 2 aromatic carbocycles. The normalized spacial score (nSPS) is 11.5. The smallest absolute Gasteiger partial charge is 0.104 e. The minimum absolute atomic E-state index is 1.01. The summed E-state index contributed by atoms with van der Waals surface area (Å²) in [5, 5.41) is 1.08. The Balaban J connectivity index is 2.33. The fraction of sp³-hybridized carbons (Fsp3) is 0.133. The van der Waals surface area contributed by atoms with Crippen molar-refractivity contribution < 1.29 is 0 Å². The van der Waals surface area contributed by atoms with Gasteiger partial charge in [-0.15, -0.1) is 11.8 Å². The summed E-state index contributed by atoms with van der Waals surface area (Å²) in [5.74, 6) is 1.03. The SMILES string of the molecule is CCS/C(=N/c1ccccc1)c1ccccc1. The van der Waals surface area contributed by atoms with Gasteiger partial charge in [0.15, 0.2) is 0 Å². The van der Waals surface area contributed by atoms with Gasteiger partial charge in [-0.25, -0.2) is 4.99 Å². The van der Waals surface area contributed by atoms with Crippen molar-refractivity contribution in [2.45, 2.75) is 6.92 Å². The summed E-state index contributed by atoms with van der Waals surface area (Å²) in [7, 11) is 0. The molecule has 0 amide bonds. The molecule has 0 atom stereocenters. The van der Waals surface area contributed by atoms with Crippen LogP contribution in [-0.2, 0) is 0 Å². The summed E-state index contributed by atoms with van der Waals surface area (Å²) < 4.78 is 0. The van der Waals surface area contributed by atoms with Crippen LogP contribution in [0.2, 0.25) is 0 Å². The maximum atomic E-state index is 4.70. The van der Waals surface area contributed by atoms with Gasteiger partial charge in [-0.3, -0.25) is 0 Å². The molecule has 0 saturated carbocycles. The van der Waals surface area contributed by atoms with Crippen LogP contribution in [0, 0.1) is 0 Å². The Morgan fingerprint density at radius 1 is 0.941 bits per heavy atom. The monoisotopic (exact) mass is 241 g/mol. The summed E-state index contributed by atoms with van der Waals surface area (Å²) in [6.45, 7) is 2.15. The fourth-order valence-corrected chi connectivity index (χ4v) is 2.26. The summed E-state index contributed by atoms with van der Waals surface area (Å²) in [5.41, 5.74) is 2.19. The Labute approximate surface area is 107 Å². The average molecular weight is 241 g/mol. The quantitative estimate of drug-likeness (QED) is 0.568. The van der Waals surface area contributed by atoms with Gasteiger partial charge in [0.1, 0.15) is 5.04 Å². The third kappa shape index (κ3) is 3.46. The number of nitrogens with zero attached hydrogens (tertiary/aromatic N) is 1. The molecule has 0 saturated heterocycles. The minimum atomic E-state index is 1.01. The van der Waals surface area contributed by atoms with Crippen molar-refractivity contribution in [3.8, 4) is 0 Å². The van der Waals surface area contributed by atoms with Gasteiger partial charge in [-0.05, 0) is 17.9 Å². The van der Waals surface area contributed by atoms with Gasteiger partial charge >= 0.3 is 0 Å². The Morgan fingerprint density at radius 2 is 1.53 bits per heavy atom. The molecule has 0 N–H and O–H groups in total. The van der Waals surface area contributed by atoms with Crippen LogP contribution >= 0.6 is 11.8 Å². The highest BCUT2D eigenvalue weighted by Crippen LogP contribution is 2.19. The molecule has 0 aromatic heterocycles. The molecule has 86 valence electrons. The van der Waals surface area contributed by atoms with Crippen molar-refractivity contribution in [1.29, 1.82) is 0 Å². The molecular weight excluding hydrogens is 226 g/mol. The van der Waals surface area contributed by atoms with Crippen LogP contribution in [0.1, 0.15) is 12.5 Å². The number of aliphatic imine (C=N–C) groups is 1. The van der Waals surface area contributed by atoms with Crippen LogP contribution < -0.4 is 0 Å². The minimum Gasteiger partial charge on any atom is -0.241 e. The van der Waals surface area contributed by atoms with Crippen LogP contribution in [0.15, 0.2) is 65.7 Å². The Hall–Kier alpha value is -1.54. The van der Waals surface area contributed by atoms with Crippen molar-refractivity contribution >= 4 is 22.5 Å². The third-order valence-corrected chi connectivity index (χ3v) is 3.18. The fourth-order valence-electron chi connectivity index (χ4n) is 1.52. The first-order chi connectivity index (χ1) is 8.40. The zero-order chi connectivity index (χ0) is 11.9. The average Bonchev–Trinajstić information content (AvgIpc) is 2.40. The van der Waals surface area contributed by atoms with E-state index in [4.69, 9.17) is 4.99 Å². The highest BCUT2D eigenvalue weighted by Gasteiger charge is 2.02. The number of para-hydroxylation sites is 1. The van der Waals surface area contributed by atoms with Crippen LogP contribution in [0.4, 0.5) is 5.69 Å². The predicted octanol–water partition coefficient (Wildman–Crippen LogP) is 4.52. The van der Waals surface area contributed by atoms with Gasteiger partial charge in [0.05, 0.1) is 5.69 Å². The third-order valence-electron chi connectivity index (χ3n) is 2.29. The lowest BCUT2D eigenvalue weighted by Crippen LogP contribution is -1.95. The number of hydrogen-bond acceptors (Lipinski definition) is 2. The van der Waals surface area contributed by atoms with Crippen LogP contribution in [0.25, 0.3) is 0 Å². The van der Waals surface area contributed by atoms with E-state index in [1.165, 1.54) is 5.56 Å². The Bertz CT molecular complexity index is 477. The molecule has 2 aromatic rings. The first-order valence-corrected chi connectivity index (χ1v) is 6.70. The molecule has 0 spiro atoms. The zero-order valence-corrected chi connectivity index (χ0v) is 10.7. The van der Waals surface area contributed by atoms with Crippen molar-refractivity contribution in [3.05, 3.63) is 66.2 Å². The predicted molar refractivity (Wildman–Crippen MR) is 77.2 cm³/mol. The van der Waals surface area contributed by atoms with Gasteiger partial charge < -0.3 is 0 Å². The van der Waals surface area contributed by atoms with E-state index in [9.17, 15) is 0 Å². The van der Waals surface area contributed by atoms with Crippen molar-refractivity contribution in [1.82, 2.24) is 0 Å². The number of hydrogen-bond donors (Lipinski definition) is 0. The number of thioether (sulfide) groups is 1. The molecule has 0 unspecified atom stereocenters. The van der Waals surface area contributed by atoms with Gasteiger partial charge in [0.2, 0.25) is 0 Å². The van der Waals surface area contributed by atoms with E-state index in [2.05, 4.69) is 19.1 Å². The van der Waals surface area contributed by atoms with E-state index in [0.717, 1.165) is 16.5 Å². The molecular formula is C15H15NS. The molecule has 17 heavy (non-hydrogen) atoms. The summed E-state index contributed by atoms with van der Waals surface area (Å²) in [6.07, 6.45) is 0. The van der Waals surface area contributed by atoms with Crippen molar-refractivity contribution in [3.63, 3.8) is 0 Å². The van der Waals surface area contributed by atoms with Gasteiger partial charge in [0.25, 0.3) is 0 Å². The highest BCUT2D eigenvalue weighted by atomic mass is 32.2. The van der Waals surface area contributed by atoms with Gasteiger partial charge in [0, 0.05) is 5.56 Å². The number of benzene rings is 2. The summed E-state index contributed by atoms with van der Waals surface area (Å²) in [6, 6.07) is 20.4. The van der Waals surface area contributed by atoms with E-state index in [-0.39, 0.29) is 0 Å². The van der Waals surface area contributed by atoms with E-state index in [0.29, 0.717) is 0 Å². The maximum absolute atomic E-state index is 4.70. The van der Waals surface area contributed by atoms with Crippen molar-refractivity contribution in [2.24, 2.45) is 4.99 Å². The van der Waals surface area contributed by atoms with E-state index in [1.54, 1.807) is 11.8 Å². The maximum Gasteiger partial charge on any atom is 0.104 e.